The molecule has 3 unspecified atom stereocenters. The maximum absolute atomic E-state index is 13.8. The van der Waals surface area contributed by atoms with Gasteiger partial charge in [-0.25, -0.2) is 0 Å². The van der Waals surface area contributed by atoms with E-state index in [1.165, 1.54) is 0 Å². The highest BCUT2D eigenvalue weighted by atomic mass is 35.5. The number of rotatable bonds is 11. The van der Waals surface area contributed by atoms with Crippen molar-refractivity contribution < 1.29 is 9.59 Å². The molecule has 0 radical (unpaired) electrons. The number of halogens is 2. The maximum Gasteiger partial charge on any atom is 0.240 e. The van der Waals surface area contributed by atoms with Gasteiger partial charge in [0.15, 0.2) is 0 Å². The minimum atomic E-state index is -0.607. The van der Waals surface area contributed by atoms with Gasteiger partial charge in [0.25, 0.3) is 0 Å². The first-order valence-electron chi connectivity index (χ1n) is 13.0. The van der Waals surface area contributed by atoms with Crippen LogP contribution < -0.4 is 16.4 Å². The van der Waals surface area contributed by atoms with E-state index in [9.17, 15) is 9.59 Å². The molecule has 4 aliphatic rings. The largest absolute Gasteiger partial charge is 0.369 e. The number of nitrogens with two attached hydrogens (primary N) is 1. The second kappa shape index (κ2) is 10.4. The summed E-state index contributed by atoms with van der Waals surface area (Å²) < 4.78 is 0. The molecule has 1 aromatic carbocycles. The Morgan fingerprint density at radius 2 is 1.88 bits per heavy atom. The standard InChI is InChI=1S/C27H39Cl2N3O2/c1-3-9-27(4-2,31-10-8-18-6-5-7-22(29)21(18)16-28)25(34)32-23-19-11-17-12-20(23)15-26(13-17,14-19)24(30)33/h5-7,17,19-20,23,31H,3-4,8-16H2,1-2H3,(H2,30,33)(H,32,34). The molecule has 4 bridgehead atoms. The number of carbonyl (C=O) groups is 2. The van der Waals surface area contributed by atoms with Gasteiger partial charge in [0.2, 0.25) is 11.8 Å². The molecule has 0 aromatic heterocycles. The van der Waals surface area contributed by atoms with Crippen LogP contribution in [-0.2, 0) is 21.9 Å². The average molecular weight is 509 g/mol. The van der Waals surface area contributed by atoms with Gasteiger partial charge in [-0.05, 0) is 86.3 Å². The molecule has 4 fully saturated rings. The van der Waals surface area contributed by atoms with Crippen LogP contribution >= 0.6 is 23.2 Å². The van der Waals surface area contributed by atoms with E-state index in [2.05, 4.69) is 30.5 Å². The monoisotopic (exact) mass is 507 g/mol. The lowest BCUT2D eigenvalue weighted by Crippen LogP contribution is -2.66. The summed E-state index contributed by atoms with van der Waals surface area (Å²) in [5, 5.41) is 7.80. The Kier molecular flexibility index (Phi) is 7.86. The number of carbonyl (C=O) groups excluding carboxylic acids is 2. The van der Waals surface area contributed by atoms with Gasteiger partial charge in [0, 0.05) is 28.9 Å². The van der Waals surface area contributed by atoms with Crippen LogP contribution in [0.1, 0.15) is 76.3 Å². The fraction of sp³-hybridized carbons (Fsp3) is 0.704. The van der Waals surface area contributed by atoms with Crippen molar-refractivity contribution in [1.29, 1.82) is 0 Å². The van der Waals surface area contributed by atoms with Gasteiger partial charge in [-0.15, -0.1) is 11.6 Å². The summed E-state index contributed by atoms with van der Waals surface area (Å²) in [5.74, 6) is 1.64. The molecule has 0 aliphatic heterocycles. The van der Waals surface area contributed by atoms with E-state index in [1.54, 1.807) is 0 Å². The molecular formula is C27H39Cl2N3O2. The van der Waals surface area contributed by atoms with Crippen molar-refractivity contribution in [2.24, 2.45) is 28.9 Å². The summed E-state index contributed by atoms with van der Waals surface area (Å²) in [4.78, 5) is 26.1. The zero-order valence-electron chi connectivity index (χ0n) is 20.5. The molecule has 3 atom stereocenters. The number of nitrogens with one attached hydrogen (secondary N) is 2. The van der Waals surface area contributed by atoms with Crippen LogP contribution in [0.4, 0.5) is 0 Å². The third-order valence-electron chi connectivity index (χ3n) is 9.02. The van der Waals surface area contributed by atoms with Crippen molar-refractivity contribution in [3.8, 4) is 0 Å². The molecule has 0 heterocycles. The Morgan fingerprint density at radius 3 is 2.47 bits per heavy atom. The molecule has 1 aromatic rings. The van der Waals surface area contributed by atoms with Gasteiger partial charge in [0.1, 0.15) is 0 Å². The van der Waals surface area contributed by atoms with Gasteiger partial charge in [0.05, 0.1) is 5.54 Å². The van der Waals surface area contributed by atoms with Gasteiger partial charge < -0.3 is 16.4 Å². The van der Waals surface area contributed by atoms with E-state index < -0.39 is 5.54 Å². The number of amides is 2. The predicted molar refractivity (Wildman–Crippen MR) is 138 cm³/mol. The lowest BCUT2D eigenvalue weighted by atomic mass is 9.47. The lowest BCUT2D eigenvalue weighted by molar-refractivity contribution is -0.148. The number of hydrogen-bond acceptors (Lipinski definition) is 3. The topological polar surface area (TPSA) is 84.2 Å². The van der Waals surface area contributed by atoms with E-state index in [0.29, 0.717) is 35.2 Å². The second-order valence-electron chi connectivity index (χ2n) is 11.0. The number of hydrogen-bond donors (Lipinski definition) is 3. The smallest absolute Gasteiger partial charge is 0.240 e. The molecule has 5 nitrogen and oxygen atoms in total. The van der Waals surface area contributed by atoms with E-state index in [4.69, 9.17) is 28.9 Å². The van der Waals surface area contributed by atoms with E-state index in [0.717, 1.165) is 68.9 Å². The van der Waals surface area contributed by atoms with Crippen LogP contribution in [0.2, 0.25) is 5.02 Å². The average Bonchev–Trinajstić information content (AvgIpc) is 2.80. The normalized spacial score (nSPS) is 31.3. The Bertz CT molecular complexity index is 907. The van der Waals surface area contributed by atoms with Crippen molar-refractivity contribution in [3.63, 3.8) is 0 Å². The van der Waals surface area contributed by atoms with Crippen LogP contribution in [0.5, 0.6) is 0 Å². The van der Waals surface area contributed by atoms with Crippen LogP contribution in [-0.4, -0.2) is 29.9 Å². The zero-order chi connectivity index (χ0) is 24.5. The van der Waals surface area contributed by atoms with Gasteiger partial charge >= 0.3 is 0 Å². The minimum Gasteiger partial charge on any atom is -0.369 e. The third kappa shape index (κ3) is 4.73. The molecule has 2 amide bonds. The molecule has 5 rings (SSSR count). The fourth-order valence-electron chi connectivity index (χ4n) is 7.45. The second-order valence-corrected chi connectivity index (χ2v) is 11.7. The van der Waals surface area contributed by atoms with Gasteiger partial charge in [-0.3, -0.25) is 9.59 Å². The maximum atomic E-state index is 13.8. The first kappa shape index (κ1) is 25.8. The first-order chi connectivity index (χ1) is 16.3. The van der Waals surface area contributed by atoms with Crippen LogP contribution in [0, 0.1) is 23.2 Å². The molecule has 34 heavy (non-hydrogen) atoms. The van der Waals surface area contributed by atoms with Crippen LogP contribution in [0.15, 0.2) is 18.2 Å². The van der Waals surface area contributed by atoms with Crippen molar-refractivity contribution in [2.75, 3.05) is 6.54 Å². The summed E-state index contributed by atoms with van der Waals surface area (Å²) in [6.07, 6.45) is 8.00. The molecule has 7 heteroatoms. The van der Waals surface area contributed by atoms with Gasteiger partial charge in [-0.2, -0.15) is 0 Å². The molecule has 0 saturated heterocycles. The summed E-state index contributed by atoms with van der Waals surface area (Å²) in [6.45, 7) is 4.89. The minimum absolute atomic E-state index is 0.103. The van der Waals surface area contributed by atoms with E-state index >= 15 is 0 Å². The van der Waals surface area contributed by atoms with E-state index in [-0.39, 0.29) is 23.3 Å². The summed E-state index contributed by atoms with van der Waals surface area (Å²) in [6, 6.07) is 6.02. The summed E-state index contributed by atoms with van der Waals surface area (Å²) in [5.41, 5.74) is 6.99. The molecule has 4 N–H and O–H groups in total. The fourth-order valence-corrected chi connectivity index (χ4v) is 8.09. The Balaban J connectivity index is 1.45. The van der Waals surface area contributed by atoms with Crippen LogP contribution in [0.3, 0.4) is 0 Å². The quantitative estimate of drug-likeness (QED) is 0.370. The third-order valence-corrected chi connectivity index (χ3v) is 9.64. The highest BCUT2D eigenvalue weighted by molar-refractivity contribution is 6.32. The number of primary amides is 1. The molecule has 0 spiro atoms. The number of alkyl halides is 1. The SMILES string of the molecule is CCCC(CC)(NCCc1cccc(Cl)c1CCl)C(=O)NC1C2CC3CC1CC(C(N)=O)(C3)C2. The van der Waals surface area contributed by atoms with Crippen molar-refractivity contribution >= 4 is 35.0 Å². The highest BCUT2D eigenvalue weighted by Crippen LogP contribution is 2.60. The lowest BCUT2D eigenvalue weighted by Gasteiger charge is -2.59. The van der Waals surface area contributed by atoms with Crippen LogP contribution in [0.25, 0.3) is 0 Å². The molecule has 188 valence electrons. The molecular weight excluding hydrogens is 469 g/mol. The van der Waals surface area contributed by atoms with Crippen molar-refractivity contribution in [3.05, 3.63) is 34.3 Å². The highest BCUT2D eigenvalue weighted by Gasteiger charge is 2.58. The van der Waals surface area contributed by atoms with Crippen molar-refractivity contribution in [1.82, 2.24) is 10.6 Å². The Morgan fingerprint density at radius 1 is 1.18 bits per heavy atom. The zero-order valence-corrected chi connectivity index (χ0v) is 22.0. The van der Waals surface area contributed by atoms with Crippen molar-refractivity contribution in [2.45, 2.75) is 89.1 Å². The summed E-state index contributed by atoms with van der Waals surface area (Å²) in [7, 11) is 0. The predicted octanol–water partition coefficient (Wildman–Crippen LogP) is 4.96. The summed E-state index contributed by atoms with van der Waals surface area (Å²) >= 11 is 12.5. The first-order valence-corrected chi connectivity index (χ1v) is 13.9. The van der Waals surface area contributed by atoms with Gasteiger partial charge in [-0.1, -0.05) is 44.0 Å². The molecule has 4 aliphatic carbocycles. The molecule has 4 saturated carbocycles. The number of benzene rings is 1. The van der Waals surface area contributed by atoms with E-state index in [1.807, 2.05) is 12.1 Å². The Hall–Kier alpha value is -1.30. The Labute approximate surface area is 213 Å².